The van der Waals surface area contributed by atoms with Gasteiger partial charge in [0.25, 0.3) is 5.54 Å². The number of Topliss-reactive ketones (excluding diaryl/α,β-unsaturated/α-hetero) is 1. The van der Waals surface area contributed by atoms with Crippen LogP contribution in [0.1, 0.15) is 50.5 Å². The van der Waals surface area contributed by atoms with Crippen molar-refractivity contribution < 1.29 is 9.72 Å². The van der Waals surface area contributed by atoms with E-state index in [0.717, 1.165) is 50.8 Å². The Balaban J connectivity index is 1.89. The predicted molar refractivity (Wildman–Crippen MR) is 90.5 cm³/mol. The van der Waals surface area contributed by atoms with Crippen LogP contribution in [-0.4, -0.2) is 39.8 Å². The third-order valence-corrected chi connectivity index (χ3v) is 6.76. The smallest absolute Gasteiger partial charge is 0.285 e. The van der Waals surface area contributed by atoms with Crippen LogP contribution in [0.5, 0.6) is 0 Å². The molecule has 0 unspecified atom stereocenters. The summed E-state index contributed by atoms with van der Waals surface area (Å²) in [4.78, 5) is 27.6. The van der Waals surface area contributed by atoms with Crippen molar-refractivity contribution in [3.8, 4) is 0 Å². The number of nitrogens with zero attached hydrogens (tertiary/aromatic N) is 2. The summed E-state index contributed by atoms with van der Waals surface area (Å²) in [6.07, 6.45) is 4.86. The minimum Gasteiger partial charge on any atom is -0.291 e. The molecule has 4 rings (SSSR count). The summed E-state index contributed by atoms with van der Waals surface area (Å²) in [7, 11) is 0. The number of ketones is 1. The Morgan fingerprint density at radius 1 is 1.17 bits per heavy atom. The quantitative estimate of drug-likeness (QED) is 0.632. The lowest BCUT2D eigenvalue weighted by Gasteiger charge is -2.38. The first-order valence-electron chi connectivity index (χ1n) is 9.02. The van der Waals surface area contributed by atoms with Crippen molar-refractivity contribution in [1.82, 2.24) is 4.90 Å². The van der Waals surface area contributed by atoms with E-state index in [4.69, 9.17) is 0 Å². The minimum atomic E-state index is -1.52. The summed E-state index contributed by atoms with van der Waals surface area (Å²) in [5.41, 5.74) is -1.19. The zero-order chi connectivity index (χ0) is 16.9. The molecule has 5 heteroatoms. The van der Waals surface area contributed by atoms with E-state index >= 15 is 0 Å². The highest BCUT2D eigenvalue weighted by atomic mass is 16.6. The van der Waals surface area contributed by atoms with Crippen LogP contribution in [0.2, 0.25) is 0 Å². The van der Waals surface area contributed by atoms with Crippen molar-refractivity contribution >= 4 is 5.78 Å². The maximum Gasteiger partial charge on any atom is 0.285 e. The molecule has 1 aliphatic heterocycles. The van der Waals surface area contributed by atoms with E-state index < -0.39 is 11.1 Å². The van der Waals surface area contributed by atoms with Crippen molar-refractivity contribution in [2.75, 3.05) is 13.1 Å². The second-order valence-electron chi connectivity index (χ2n) is 7.74. The fraction of sp³-hybridized carbons (Fsp3) is 0.632. The summed E-state index contributed by atoms with van der Waals surface area (Å²) in [5, 5.41) is 12.1. The first-order valence-corrected chi connectivity index (χ1v) is 9.02. The van der Waals surface area contributed by atoms with E-state index in [0.29, 0.717) is 0 Å². The molecular formula is C19H24N2O3. The van der Waals surface area contributed by atoms with E-state index in [1.54, 1.807) is 6.92 Å². The summed E-state index contributed by atoms with van der Waals surface area (Å²) in [6.45, 7) is 3.37. The number of nitro groups is 1. The van der Waals surface area contributed by atoms with Gasteiger partial charge in [-0.25, -0.2) is 0 Å². The van der Waals surface area contributed by atoms with Gasteiger partial charge in [-0.3, -0.25) is 19.8 Å². The second kappa shape index (κ2) is 5.38. The molecule has 128 valence electrons. The van der Waals surface area contributed by atoms with Crippen LogP contribution in [0.15, 0.2) is 30.3 Å². The van der Waals surface area contributed by atoms with Crippen LogP contribution in [0.25, 0.3) is 0 Å². The van der Waals surface area contributed by atoms with Crippen molar-refractivity contribution in [3.05, 3.63) is 46.0 Å². The molecule has 0 spiro atoms. The van der Waals surface area contributed by atoms with E-state index in [1.807, 2.05) is 30.3 Å². The molecule has 1 heterocycles. The average Bonchev–Trinajstić information content (AvgIpc) is 3.27. The van der Waals surface area contributed by atoms with E-state index in [2.05, 4.69) is 4.90 Å². The first kappa shape index (κ1) is 15.8. The standard InChI is InChI=1S/C19H24N2O3/c1-18(21(23)24)16(14-8-3-2-4-9-14)15-10-7-11-19(15,17(18)22)20-12-5-6-13-20/h2-4,8-9,15-16H,5-7,10-13H2,1H3/t15-,16+,18-,19+/m0/s1. The predicted octanol–water partition coefficient (Wildman–Crippen LogP) is 3.02. The molecule has 3 aliphatic rings. The van der Waals surface area contributed by atoms with Crippen LogP contribution in [0.3, 0.4) is 0 Å². The average molecular weight is 328 g/mol. The van der Waals surface area contributed by atoms with Crippen LogP contribution < -0.4 is 0 Å². The van der Waals surface area contributed by atoms with Crippen molar-refractivity contribution in [2.24, 2.45) is 5.92 Å². The number of benzene rings is 1. The monoisotopic (exact) mass is 328 g/mol. The molecular weight excluding hydrogens is 304 g/mol. The largest absolute Gasteiger partial charge is 0.291 e. The Hall–Kier alpha value is -1.75. The Kier molecular flexibility index (Phi) is 3.53. The molecule has 0 N–H and O–H groups in total. The van der Waals surface area contributed by atoms with E-state index in [1.165, 1.54) is 0 Å². The Labute approximate surface area is 142 Å². The fourth-order valence-corrected chi connectivity index (χ4v) is 5.78. The number of carbonyl (C=O) groups is 1. The van der Waals surface area contributed by atoms with Gasteiger partial charge in [0.1, 0.15) is 0 Å². The lowest BCUT2D eigenvalue weighted by molar-refractivity contribution is -0.550. The minimum absolute atomic E-state index is 0.0564. The molecule has 0 aromatic heterocycles. The Bertz CT molecular complexity index is 670. The summed E-state index contributed by atoms with van der Waals surface area (Å²) in [5.74, 6) is -0.413. The van der Waals surface area contributed by atoms with Gasteiger partial charge in [-0.2, -0.15) is 0 Å². The molecule has 0 radical (unpaired) electrons. The van der Waals surface area contributed by atoms with Crippen molar-refractivity contribution in [1.29, 1.82) is 0 Å². The highest BCUT2D eigenvalue weighted by Crippen LogP contribution is 2.60. The van der Waals surface area contributed by atoms with Crippen LogP contribution in [0, 0.1) is 16.0 Å². The zero-order valence-electron chi connectivity index (χ0n) is 14.1. The first-order chi connectivity index (χ1) is 11.5. The van der Waals surface area contributed by atoms with Crippen LogP contribution >= 0.6 is 0 Å². The van der Waals surface area contributed by atoms with Gasteiger partial charge in [0.2, 0.25) is 5.78 Å². The third-order valence-electron chi connectivity index (χ3n) is 6.76. The molecule has 4 atom stereocenters. The van der Waals surface area contributed by atoms with Crippen LogP contribution in [-0.2, 0) is 4.79 Å². The number of rotatable bonds is 3. The van der Waals surface area contributed by atoms with Gasteiger partial charge in [0, 0.05) is 11.8 Å². The van der Waals surface area contributed by atoms with Gasteiger partial charge in [-0.05, 0) is 50.3 Å². The molecule has 5 nitrogen and oxygen atoms in total. The molecule has 1 saturated heterocycles. The molecule has 24 heavy (non-hydrogen) atoms. The summed E-state index contributed by atoms with van der Waals surface area (Å²) in [6, 6.07) is 9.68. The highest BCUT2D eigenvalue weighted by Gasteiger charge is 2.75. The maximum absolute atomic E-state index is 13.6. The maximum atomic E-state index is 13.6. The van der Waals surface area contributed by atoms with Gasteiger partial charge in [0.05, 0.1) is 11.5 Å². The molecule has 2 saturated carbocycles. The van der Waals surface area contributed by atoms with Crippen molar-refractivity contribution in [2.45, 2.75) is 56.0 Å². The Morgan fingerprint density at radius 3 is 2.46 bits per heavy atom. The lowest BCUT2D eigenvalue weighted by Crippen LogP contribution is -2.57. The van der Waals surface area contributed by atoms with Gasteiger partial charge < -0.3 is 0 Å². The zero-order valence-corrected chi connectivity index (χ0v) is 14.1. The van der Waals surface area contributed by atoms with Crippen molar-refractivity contribution in [3.63, 3.8) is 0 Å². The second-order valence-corrected chi connectivity index (χ2v) is 7.74. The normalized spacial score (nSPS) is 39.3. The molecule has 3 fully saturated rings. The third kappa shape index (κ3) is 1.82. The topological polar surface area (TPSA) is 63.5 Å². The lowest BCUT2D eigenvalue weighted by atomic mass is 9.78. The molecule has 0 amide bonds. The van der Waals surface area contributed by atoms with E-state index in [-0.39, 0.29) is 22.5 Å². The summed E-state index contributed by atoms with van der Waals surface area (Å²) < 4.78 is 0. The van der Waals surface area contributed by atoms with Gasteiger partial charge in [-0.1, -0.05) is 36.8 Å². The van der Waals surface area contributed by atoms with Gasteiger partial charge in [-0.15, -0.1) is 0 Å². The number of carbonyl (C=O) groups excluding carboxylic acids is 1. The molecule has 0 bridgehead atoms. The Morgan fingerprint density at radius 2 is 1.83 bits per heavy atom. The molecule has 1 aromatic carbocycles. The number of likely N-dealkylation sites (tertiary alicyclic amines) is 1. The summed E-state index contributed by atoms with van der Waals surface area (Å²) >= 11 is 0. The molecule has 1 aromatic rings. The van der Waals surface area contributed by atoms with Gasteiger partial charge >= 0.3 is 0 Å². The molecule has 2 aliphatic carbocycles. The number of hydrogen-bond acceptors (Lipinski definition) is 4. The number of fused-ring (bicyclic) bond motifs is 1. The van der Waals surface area contributed by atoms with Crippen LogP contribution in [0.4, 0.5) is 0 Å². The fourth-order valence-electron chi connectivity index (χ4n) is 5.78. The van der Waals surface area contributed by atoms with Gasteiger partial charge in [0.15, 0.2) is 0 Å². The number of hydrogen-bond donors (Lipinski definition) is 0. The highest BCUT2D eigenvalue weighted by molar-refractivity contribution is 6.00. The SMILES string of the molecule is C[C@@]1([N+](=O)[O-])C(=O)[C@@]2(N3CCCC3)CCC[C@H]2[C@H]1c1ccccc1. The van der Waals surface area contributed by atoms with E-state index in [9.17, 15) is 14.9 Å².